The molecule has 1 amide bonds. The molecule has 2 aromatic rings. The number of rotatable bonds is 2. The van der Waals surface area contributed by atoms with Crippen LogP contribution in [0.3, 0.4) is 0 Å². The van der Waals surface area contributed by atoms with Crippen LogP contribution in [-0.4, -0.2) is 33.8 Å². The van der Waals surface area contributed by atoms with E-state index in [9.17, 15) is 4.79 Å². The maximum Gasteiger partial charge on any atom is 0.254 e. The first kappa shape index (κ1) is 11.6. The quantitative estimate of drug-likeness (QED) is 0.829. The number of nitrogens with one attached hydrogen (secondary N) is 2. The van der Waals surface area contributed by atoms with Crippen molar-refractivity contribution in [2.75, 3.05) is 11.9 Å². The molecular formula is C11H11BrN4O2. The number of ether oxygens (including phenoxy) is 1. The van der Waals surface area contributed by atoms with E-state index in [1.165, 1.54) is 0 Å². The number of carbonyl (C=O) groups is 1. The van der Waals surface area contributed by atoms with E-state index in [0.29, 0.717) is 17.0 Å². The van der Waals surface area contributed by atoms with Crippen LogP contribution >= 0.6 is 15.9 Å². The molecule has 0 unspecified atom stereocenters. The number of carbonyl (C=O) groups excluding carboxylic acids is 1. The van der Waals surface area contributed by atoms with E-state index in [2.05, 4.69) is 36.4 Å². The average molecular weight is 311 g/mol. The second-order valence-electron chi connectivity index (χ2n) is 4.12. The molecule has 1 atom stereocenters. The highest BCUT2D eigenvalue weighted by molar-refractivity contribution is 9.10. The molecule has 94 valence electrons. The maximum absolute atomic E-state index is 11.9. The SMILES string of the molecule is O=C(Nc1n[nH]c2cnc(Br)cc12)[C@H]1CCCO1. The zero-order valence-electron chi connectivity index (χ0n) is 9.44. The van der Waals surface area contributed by atoms with Gasteiger partial charge in [0, 0.05) is 12.0 Å². The van der Waals surface area contributed by atoms with Crippen LogP contribution in [0, 0.1) is 0 Å². The molecule has 0 aliphatic carbocycles. The van der Waals surface area contributed by atoms with Crippen LogP contribution in [0.25, 0.3) is 10.9 Å². The Morgan fingerprint density at radius 3 is 3.28 bits per heavy atom. The Kier molecular flexibility index (Phi) is 3.00. The lowest BCUT2D eigenvalue weighted by Crippen LogP contribution is -2.27. The van der Waals surface area contributed by atoms with E-state index in [-0.39, 0.29) is 12.0 Å². The van der Waals surface area contributed by atoms with Crippen molar-refractivity contribution in [2.45, 2.75) is 18.9 Å². The average Bonchev–Trinajstić information content (AvgIpc) is 2.99. The van der Waals surface area contributed by atoms with Crippen LogP contribution in [0.15, 0.2) is 16.9 Å². The van der Waals surface area contributed by atoms with Crippen molar-refractivity contribution in [1.82, 2.24) is 15.2 Å². The smallest absolute Gasteiger partial charge is 0.254 e. The number of aromatic amines is 1. The van der Waals surface area contributed by atoms with Gasteiger partial charge in [0.1, 0.15) is 10.7 Å². The molecule has 3 heterocycles. The first-order valence-electron chi connectivity index (χ1n) is 5.66. The molecule has 6 nitrogen and oxygen atoms in total. The van der Waals surface area contributed by atoms with Crippen LogP contribution in [0.4, 0.5) is 5.82 Å². The Bertz CT molecular complexity index is 592. The van der Waals surface area contributed by atoms with E-state index in [1.807, 2.05) is 6.07 Å². The number of fused-ring (bicyclic) bond motifs is 1. The van der Waals surface area contributed by atoms with Gasteiger partial charge in [-0.25, -0.2) is 4.98 Å². The Morgan fingerprint density at radius 2 is 2.50 bits per heavy atom. The molecule has 7 heteroatoms. The molecular weight excluding hydrogens is 300 g/mol. The number of aromatic nitrogens is 3. The van der Waals surface area contributed by atoms with Gasteiger partial charge in [0.15, 0.2) is 5.82 Å². The summed E-state index contributed by atoms with van der Waals surface area (Å²) in [6.07, 6.45) is 2.99. The predicted octanol–water partition coefficient (Wildman–Crippen LogP) is 1.84. The monoisotopic (exact) mass is 310 g/mol. The molecule has 0 spiro atoms. The van der Waals surface area contributed by atoms with Crippen molar-refractivity contribution >= 4 is 38.6 Å². The van der Waals surface area contributed by atoms with E-state index in [1.54, 1.807) is 6.20 Å². The van der Waals surface area contributed by atoms with E-state index in [4.69, 9.17) is 4.74 Å². The third-order valence-electron chi connectivity index (χ3n) is 2.88. The van der Waals surface area contributed by atoms with Gasteiger partial charge < -0.3 is 10.1 Å². The van der Waals surface area contributed by atoms with E-state index >= 15 is 0 Å². The van der Waals surface area contributed by atoms with Crippen LogP contribution in [-0.2, 0) is 9.53 Å². The number of hydrogen-bond acceptors (Lipinski definition) is 4. The Morgan fingerprint density at radius 1 is 1.61 bits per heavy atom. The lowest BCUT2D eigenvalue weighted by molar-refractivity contribution is -0.124. The largest absolute Gasteiger partial charge is 0.368 e. The Balaban J connectivity index is 1.85. The van der Waals surface area contributed by atoms with Gasteiger partial charge in [-0.3, -0.25) is 9.89 Å². The molecule has 2 N–H and O–H groups in total. The fraction of sp³-hybridized carbons (Fsp3) is 0.364. The summed E-state index contributed by atoms with van der Waals surface area (Å²) in [6.45, 7) is 0.648. The van der Waals surface area contributed by atoms with Gasteiger partial charge >= 0.3 is 0 Å². The normalized spacial score (nSPS) is 19.3. The minimum atomic E-state index is -0.359. The number of anilines is 1. The van der Waals surface area contributed by atoms with Gasteiger partial charge in [-0.2, -0.15) is 5.10 Å². The molecule has 0 saturated carbocycles. The van der Waals surface area contributed by atoms with Crippen molar-refractivity contribution in [3.8, 4) is 0 Å². The minimum absolute atomic E-state index is 0.145. The topological polar surface area (TPSA) is 79.9 Å². The summed E-state index contributed by atoms with van der Waals surface area (Å²) < 4.78 is 6.03. The molecule has 1 fully saturated rings. The van der Waals surface area contributed by atoms with Gasteiger partial charge in [0.05, 0.1) is 11.7 Å². The minimum Gasteiger partial charge on any atom is -0.368 e. The number of hydrogen-bond donors (Lipinski definition) is 2. The van der Waals surface area contributed by atoms with E-state index in [0.717, 1.165) is 23.7 Å². The number of halogens is 1. The van der Waals surface area contributed by atoms with Gasteiger partial charge in [-0.1, -0.05) is 0 Å². The first-order valence-corrected chi connectivity index (χ1v) is 6.45. The molecule has 1 saturated heterocycles. The zero-order valence-corrected chi connectivity index (χ0v) is 11.0. The Labute approximate surface area is 111 Å². The molecule has 3 rings (SSSR count). The third kappa shape index (κ3) is 2.11. The van der Waals surface area contributed by atoms with Crippen LogP contribution < -0.4 is 5.32 Å². The summed E-state index contributed by atoms with van der Waals surface area (Å²) in [4.78, 5) is 16.0. The summed E-state index contributed by atoms with van der Waals surface area (Å²) in [5, 5.41) is 10.5. The Hall–Kier alpha value is -1.47. The van der Waals surface area contributed by atoms with Gasteiger partial charge in [0.2, 0.25) is 0 Å². The highest BCUT2D eigenvalue weighted by Gasteiger charge is 2.24. The lowest BCUT2D eigenvalue weighted by Gasteiger charge is -2.08. The fourth-order valence-electron chi connectivity index (χ4n) is 1.97. The number of amides is 1. The highest BCUT2D eigenvalue weighted by Crippen LogP contribution is 2.23. The summed E-state index contributed by atoms with van der Waals surface area (Å²) in [5.74, 6) is 0.363. The second-order valence-corrected chi connectivity index (χ2v) is 4.93. The summed E-state index contributed by atoms with van der Waals surface area (Å²) >= 11 is 3.29. The van der Waals surface area contributed by atoms with Crippen molar-refractivity contribution in [3.05, 3.63) is 16.9 Å². The van der Waals surface area contributed by atoms with Gasteiger partial charge in [0.25, 0.3) is 5.91 Å². The summed E-state index contributed by atoms with van der Waals surface area (Å²) in [5.41, 5.74) is 0.779. The molecule has 0 radical (unpaired) electrons. The molecule has 0 aromatic carbocycles. The first-order chi connectivity index (χ1) is 8.74. The second kappa shape index (κ2) is 4.66. The molecule has 1 aliphatic rings. The van der Waals surface area contributed by atoms with Gasteiger partial charge in [-0.15, -0.1) is 0 Å². The van der Waals surface area contributed by atoms with Crippen LogP contribution in [0.2, 0.25) is 0 Å². The third-order valence-corrected chi connectivity index (χ3v) is 3.31. The zero-order chi connectivity index (χ0) is 12.5. The van der Waals surface area contributed by atoms with Crippen LogP contribution in [0.5, 0.6) is 0 Å². The fourth-order valence-corrected chi connectivity index (χ4v) is 2.30. The maximum atomic E-state index is 11.9. The lowest BCUT2D eigenvalue weighted by atomic mass is 10.2. The standard InChI is InChI=1S/C11H11BrN4O2/c12-9-4-6-7(5-13-9)15-16-10(6)14-11(17)8-2-1-3-18-8/h4-5,8H,1-3H2,(H2,14,15,16,17)/t8-/m1/s1. The van der Waals surface area contributed by atoms with E-state index < -0.39 is 0 Å². The van der Waals surface area contributed by atoms with Crippen molar-refractivity contribution in [2.24, 2.45) is 0 Å². The number of H-pyrrole nitrogens is 1. The molecule has 1 aliphatic heterocycles. The van der Waals surface area contributed by atoms with Crippen molar-refractivity contribution < 1.29 is 9.53 Å². The molecule has 2 aromatic heterocycles. The predicted molar refractivity (Wildman–Crippen MR) is 69.2 cm³/mol. The summed E-state index contributed by atoms with van der Waals surface area (Å²) in [6, 6.07) is 1.81. The number of nitrogens with zero attached hydrogens (tertiary/aromatic N) is 2. The number of pyridine rings is 1. The van der Waals surface area contributed by atoms with Crippen molar-refractivity contribution in [1.29, 1.82) is 0 Å². The van der Waals surface area contributed by atoms with Gasteiger partial charge in [-0.05, 0) is 34.8 Å². The molecule has 0 bridgehead atoms. The summed E-state index contributed by atoms with van der Waals surface area (Å²) in [7, 11) is 0. The molecule has 18 heavy (non-hydrogen) atoms. The van der Waals surface area contributed by atoms with Crippen LogP contribution in [0.1, 0.15) is 12.8 Å². The van der Waals surface area contributed by atoms with Crippen molar-refractivity contribution in [3.63, 3.8) is 0 Å². The highest BCUT2D eigenvalue weighted by atomic mass is 79.9.